The maximum Gasteiger partial charge on any atom is 0.326 e. The van der Waals surface area contributed by atoms with Gasteiger partial charge in [0, 0.05) is 17.7 Å². The lowest BCUT2D eigenvalue weighted by molar-refractivity contribution is -0.385. The topological polar surface area (TPSA) is 101 Å². The normalized spacial score (nSPS) is 15.3. The second-order valence-electron chi connectivity index (χ2n) is 5.11. The second-order valence-corrected chi connectivity index (χ2v) is 5.11. The average molecular weight is 292 g/mol. The van der Waals surface area contributed by atoms with Gasteiger partial charge in [-0.3, -0.25) is 14.9 Å². The molecule has 0 saturated heterocycles. The molecule has 1 aromatic rings. The van der Waals surface area contributed by atoms with E-state index in [1.165, 1.54) is 30.0 Å². The molecule has 0 aliphatic heterocycles. The number of carbonyl (C=O) groups excluding carboxylic acids is 1. The number of aliphatic carboxylic acids is 1. The molecule has 1 N–H and O–H groups in total. The molecule has 7 nitrogen and oxygen atoms in total. The molecule has 0 radical (unpaired) electrons. The first-order chi connectivity index (χ1) is 9.91. The number of carbonyl (C=O) groups is 2. The number of hydrogen-bond donors (Lipinski definition) is 1. The van der Waals surface area contributed by atoms with Gasteiger partial charge in [-0.15, -0.1) is 0 Å². The molecular weight excluding hydrogens is 276 g/mol. The summed E-state index contributed by atoms with van der Waals surface area (Å²) in [6.07, 6.45) is 1.39. The smallest absolute Gasteiger partial charge is 0.326 e. The Hall–Kier alpha value is -2.44. The Morgan fingerprint density at radius 1 is 1.43 bits per heavy atom. The fraction of sp³-hybridized carbons (Fsp3) is 0.429. The summed E-state index contributed by atoms with van der Waals surface area (Å²) in [7, 11) is 0. The molecule has 112 valence electrons. The van der Waals surface area contributed by atoms with E-state index < -0.39 is 16.9 Å². The van der Waals surface area contributed by atoms with Gasteiger partial charge in [0.25, 0.3) is 5.69 Å². The Labute approximate surface area is 121 Å². The van der Waals surface area contributed by atoms with Gasteiger partial charge >= 0.3 is 5.97 Å². The van der Waals surface area contributed by atoms with E-state index in [0.29, 0.717) is 5.56 Å². The molecule has 0 aromatic heterocycles. The highest BCUT2D eigenvalue weighted by Gasteiger charge is 2.38. The average Bonchev–Trinajstić information content (AvgIpc) is 3.23. The molecule has 1 aliphatic rings. The SMILES string of the molecule is CC(C(=O)O)N(C(=O)Cc1ccccc1[N+](=O)[O-])C1CC1. The highest BCUT2D eigenvalue weighted by molar-refractivity contribution is 5.86. The quantitative estimate of drug-likeness (QED) is 0.634. The fourth-order valence-electron chi connectivity index (χ4n) is 2.30. The molecule has 1 atom stereocenters. The fourth-order valence-corrected chi connectivity index (χ4v) is 2.30. The number of nitrogens with zero attached hydrogens (tertiary/aromatic N) is 2. The highest BCUT2D eigenvalue weighted by atomic mass is 16.6. The Kier molecular flexibility index (Phi) is 4.21. The lowest BCUT2D eigenvalue weighted by Gasteiger charge is -2.26. The molecule has 1 saturated carbocycles. The number of nitro benzene ring substituents is 1. The third-order valence-electron chi connectivity index (χ3n) is 3.53. The minimum Gasteiger partial charge on any atom is -0.480 e. The van der Waals surface area contributed by atoms with Crippen molar-refractivity contribution in [2.45, 2.75) is 38.3 Å². The molecule has 1 aromatic carbocycles. The number of benzene rings is 1. The Balaban J connectivity index is 2.20. The molecule has 0 heterocycles. The van der Waals surface area contributed by atoms with Crippen molar-refractivity contribution >= 4 is 17.6 Å². The van der Waals surface area contributed by atoms with Crippen molar-refractivity contribution in [1.82, 2.24) is 4.90 Å². The first kappa shape index (κ1) is 15.0. The number of nitro groups is 1. The molecule has 0 bridgehead atoms. The second kappa shape index (κ2) is 5.90. The van der Waals surface area contributed by atoms with Crippen LogP contribution in [0.25, 0.3) is 0 Å². The van der Waals surface area contributed by atoms with Crippen LogP contribution in [0.5, 0.6) is 0 Å². The number of carboxylic acid groups (broad SMARTS) is 1. The van der Waals surface area contributed by atoms with Gasteiger partial charge in [-0.1, -0.05) is 18.2 Å². The van der Waals surface area contributed by atoms with Crippen LogP contribution in [0.15, 0.2) is 24.3 Å². The van der Waals surface area contributed by atoms with Gasteiger partial charge in [-0.25, -0.2) is 4.79 Å². The maximum atomic E-state index is 12.4. The zero-order valence-corrected chi connectivity index (χ0v) is 11.6. The summed E-state index contributed by atoms with van der Waals surface area (Å²) in [5.74, 6) is -1.46. The van der Waals surface area contributed by atoms with E-state index in [1.54, 1.807) is 6.07 Å². The standard InChI is InChI=1S/C14H16N2O5/c1-9(14(18)19)15(11-6-7-11)13(17)8-10-4-2-3-5-12(10)16(20)21/h2-5,9,11H,6-8H2,1H3,(H,18,19). The van der Waals surface area contributed by atoms with Crippen LogP contribution in [-0.4, -0.2) is 38.9 Å². The van der Waals surface area contributed by atoms with Crippen LogP contribution in [-0.2, 0) is 16.0 Å². The Morgan fingerprint density at radius 2 is 2.05 bits per heavy atom. The van der Waals surface area contributed by atoms with E-state index in [2.05, 4.69) is 0 Å². The number of hydrogen-bond acceptors (Lipinski definition) is 4. The summed E-state index contributed by atoms with van der Waals surface area (Å²) in [5, 5.41) is 20.0. The predicted octanol–water partition coefficient (Wildman–Crippen LogP) is 1.60. The maximum absolute atomic E-state index is 12.4. The lowest BCUT2D eigenvalue weighted by Crippen LogP contribution is -2.45. The van der Waals surface area contributed by atoms with Crippen molar-refractivity contribution in [3.63, 3.8) is 0 Å². The molecule has 7 heteroatoms. The van der Waals surface area contributed by atoms with E-state index in [-0.39, 0.29) is 24.1 Å². The van der Waals surface area contributed by atoms with Crippen LogP contribution >= 0.6 is 0 Å². The number of para-hydroxylation sites is 1. The van der Waals surface area contributed by atoms with Crippen LogP contribution in [0.2, 0.25) is 0 Å². The van der Waals surface area contributed by atoms with Crippen LogP contribution in [0.4, 0.5) is 5.69 Å². The molecule has 0 spiro atoms. The molecule has 1 amide bonds. The zero-order valence-electron chi connectivity index (χ0n) is 11.6. The number of amides is 1. The highest BCUT2D eigenvalue weighted by Crippen LogP contribution is 2.30. The number of rotatable bonds is 6. The Bertz CT molecular complexity index is 582. The van der Waals surface area contributed by atoms with E-state index in [4.69, 9.17) is 5.11 Å². The van der Waals surface area contributed by atoms with Crippen molar-refractivity contribution < 1.29 is 19.6 Å². The van der Waals surface area contributed by atoms with Crippen LogP contribution in [0.1, 0.15) is 25.3 Å². The summed E-state index contributed by atoms with van der Waals surface area (Å²) in [4.78, 5) is 35.2. The van der Waals surface area contributed by atoms with Crippen molar-refractivity contribution in [1.29, 1.82) is 0 Å². The first-order valence-electron chi connectivity index (χ1n) is 6.68. The van der Waals surface area contributed by atoms with Gasteiger partial charge in [0.15, 0.2) is 0 Å². The van der Waals surface area contributed by atoms with Gasteiger partial charge in [0.1, 0.15) is 6.04 Å². The summed E-state index contributed by atoms with van der Waals surface area (Å²) in [5.41, 5.74) is 0.181. The van der Waals surface area contributed by atoms with E-state index in [0.717, 1.165) is 12.8 Å². The summed E-state index contributed by atoms with van der Waals surface area (Å²) < 4.78 is 0. The molecule has 1 fully saturated rings. The van der Waals surface area contributed by atoms with Gasteiger partial charge < -0.3 is 10.0 Å². The molecule has 2 rings (SSSR count). The third kappa shape index (κ3) is 3.36. The summed E-state index contributed by atoms with van der Waals surface area (Å²) in [6, 6.07) is 5.03. The molecule has 21 heavy (non-hydrogen) atoms. The first-order valence-corrected chi connectivity index (χ1v) is 6.68. The van der Waals surface area contributed by atoms with Crippen molar-refractivity contribution in [2.24, 2.45) is 0 Å². The van der Waals surface area contributed by atoms with E-state index in [9.17, 15) is 19.7 Å². The van der Waals surface area contributed by atoms with Crippen LogP contribution in [0.3, 0.4) is 0 Å². The predicted molar refractivity (Wildman–Crippen MR) is 73.8 cm³/mol. The van der Waals surface area contributed by atoms with Crippen molar-refractivity contribution in [2.75, 3.05) is 0 Å². The molecule has 1 unspecified atom stereocenters. The monoisotopic (exact) mass is 292 g/mol. The zero-order chi connectivity index (χ0) is 15.6. The van der Waals surface area contributed by atoms with Crippen molar-refractivity contribution in [3.8, 4) is 0 Å². The number of carboxylic acids is 1. The Morgan fingerprint density at radius 3 is 2.57 bits per heavy atom. The minimum atomic E-state index is -1.07. The summed E-state index contributed by atoms with van der Waals surface area (Å²) >= 11 is 0. The van der Waals surface area contributed by atoms with Gasteiger partial charge in [0.2, 0.25) is 5.91 Å². The van der Waals surface area contributed by atoms with Gasteiger partial charge in [-0.2, -0.15) is 0 Å². The van der Waals surface area contributed by atoms with Crippen LogP contribution in [0, 0.1) is 10.1 Å². The largest absolute Gasteiger partial charge is 0.480 e. The van der Waals surface area contributed by atoms with Gasteiger partial charge in [-0.05, 0) is 19.8 Å². The van der Waals surface area contributed by atoms with Gasteiger partial charge in [0.05, 0.1) is 11.3 Å². The van der Waals surface area contributed by atoms with Crippen molar-refractivity contribution in [3.05, 3.63) is 39.9 Å². The van der Waals surface area contributed by atoms with E-state index >= 15 is 0 Å². The van der Waals surface area contributed by atoms with Crippen LogP contribution < -0.4 is 0 Å². The minimum absolute atomic E-state index is 0.0635. The van der Waals surface area contributed by atoms with E-state index in [1.807, 2.05) is 0 Å². The molecular formula is C14H16N2O5. The molecule has 1 aliphatic carbocycles. The summed E-state index contributed by atoms with van der Waals surface area (Å²) in [6.45, 7) is 1.46. The third-order valence-corrected chi connectivity index (χ3v) is 3.53. The lowest BCUT2D eigenvalue weighted by atomic mass is 10.1.